The smallest absolute Gasteiger partial charge is 0.147 e. The number of unbranched alkanes of at least 4 members (excludes halogenated alkanes) is 2. The first-order valence-corrected chi connectivity index (χ1v) is 3.31. The largest absolute Gasteiger partial charge is 0.147 e. The number of halogens is 1. The average molecular weight is 163 g/mol. The molecule has 0 amide bonds. The first-order chi connectivity index (χ1) is 2.91. The first kappa shape index (κ1) is 10.7. The molecule has 0 aromatic heterocycles. The van der Waals surface area contributed by atoms with E-state index in [-0.39, 0.29) is 12.4 Å². The Labute approximate surface area is 60.3 Å². The van der Waals surface area contributed by atoms with E-state index in [0.717, 1.165) is 0 Å². The quantitative estimate of drug-likeness (QED) is 0.442. The maximum Gasteiger partial charge on any atom is -0.147 e. The monoisotopic (exact) mass is 162 g/mol. The van der Waals surface area contributed by atoms with Gasteiger partial charge in [-0.25, -0.2) is 0 Å². The molecule has 0 radical (unpaired) electrons. The van der Waals surface area contributed by atoms with E-state index < -0.39 is 0 Å². The maximum absolute atomic E-state index is 3.35. The Kier molecular flexibility index (Phi) is 15.2. The van der Waals surface area contributed by atoms with Crippen LogP contribution in [0.2, 0.25) is 5.32 Å². The van der Waals surface area contributed by atoms with E-state index in [9.17, 15) is 0 Å². The Morgan fingerprint density at radius 3 is 2.00 bits per heavy atom. The second-order valence-corrected chi connectivity index (χ2v) is 1.99. The summed E-state index contributed by atoms with van der Waals surface area (Å²) in [5, 5.41) is 1.17. The molecule has 0 rings (SSSR count). The minimum atomic E-state index is 0. The minimum absolute atomic E-state index is 0. The van der Waals surface area contributed by atoms with Crippen molar-refractivity contribution in [1.29, 1.82) is 0 Å². The SMILES string of the molecule is CCCC[CH2][Mn].Cl. The van der Waals surface area contributed by atoms with Gasteiger partial charge in [0.25, 0.3) is 0 Å². The number of hydrogen-bond acceptors (Lipinski definition) is 0. The minimum Gasteiger partial charge on any atom is -0.147 e. The van der Waals surface area contributed by atoms with E-state index in [1.54, 1.807) is 0 Å². The van der Waals surface area contributed by atoms with Gasteiger partial charge >= 0.3 is 47.5 Å². The van der Waals surface area contributed by atoms with Crippen molar-refractivity contribution in [3.05, 3.63) is 0 Å². The van der Waals surface area contributed by atoms with E-state index >= 15 is 0 Å². The van der Waals surface area contributed by atoms with Gasteiger partial charge in [-0.1, -0.05) is 0 Å². The standard InChI is InChI=1S/C5H11.ClH.Mn/c1-3-5-4-2;;/h1,3-5H2,2H3;1H;. The van der Waals surface area contributed by atoms with Gasteiger partial charge < -0.3 is 0 Å². The van der Waals surface area contributed by atoms with Gasteiger partial charge in [-0.05, 0) is 0 Å². The van der Waals surface area contributed by atoms with Gasteiger partial charge in [-0.2, -0.15) is 0 Å². The van der Waals surface area contributed by atoms with Crippen LogP contribution in [-0.2, 0) is 16.0 Å². The molecule has 0 nitrogen and oxygen atoms in total. The van der Waals surface area contributed by atoms with Crippen LogP contribution in [0.3, 0.4) is 0 Å². The third kappa shape index (κ3) is 10.9. The zero-order chi connectivity index (χ0) is 4.83. The van der Waals surface area contributed by atoms with Crippen molar-refractivity contribution in [2.75, 3.05) is 0 Å². The zero-order valence-corrected chi connectivity index (χ0v) is 6.61. The second-order valence-electron chi connectivity index (χ2n) is 1.40. The van der Waals surface area contributed by atoms with Crippen LogP contribution in [-0.4, -0.2) is 0 Å². The van der Waals surface area contributed by atoms with Gasteiger partial charge in [0, 0.05) is 0 Å². The summed E-state index contributed by atoms with van der Waals surface area (Å²) in [6, 6.07) is 0. The van der Waals surface area contributed by atoms with Crippen LogP contribution in [0.1, 0.15) is 26.2 Å². The van der Waals surface area contributed by atoms with Crippen LogP contribution in [0.4, 0.5) is 0 Å². The molecule has 2 heteroatoms. The summed E-state index contributed by atoms with van der Waals surface area (Å²) >= 11 is 3.35. The Bertz CT molecular complexity index is 20.0. The molecule has 0 atom stereocenters. The van der Waals surface area contributed by atoms with Crippen LogP contribution < -0.4 is 0 Å². The van der Waals surface area contributed by atoms with E-state index in [2.05, 4.69) is 22.9 Å². The molecule has 0 spiro atoms. The van der Waals surface area contributed by atoms with Gasteiger partial charge in [0.1, 0.15) is 0 Å². The van der Waals surface area contributed by atoms with Crippen LogP contribution in [0.5, 0.6) is 0 Å². The van der Waals surface area contributed by atoms with Crippen molar-refractivity contribution < 1.29 is 16.0 Å². The van der Waals surface area contributed by atoms with Crippen LogP contribution in [0.25, 0.3) is 0 Å². The van der Waals surface area contributed by atoms with Crippen molar-refractivity contribution in [2.45, 2.75) is 31.5 Å². The predicted octanol–water partition coefficient (Wildman–Crippen LogP) is 2.56. The van der Waals surface area contributed by atoms with Gasteiger partial charge in [0.15, 0.2) is 0 Å². The Morgan fingerprint density at radius 1 is 1.29 bits per heavy atom. The molecular formula is C5H12ClMn. The van der Waals surface area contributed by atoms with Crippen molar-refractivity contribution in [2.24, 2.45) is 0 Å². The summed E-state index contributed by atoms with van der Waals surface area (Å²) in [4.78, 5) is 0. The number of hydrogen-bond donors (Lipinski definition) is 0. The zero-order valence-electron chi connectivity index (χ0n) is 4.61. The average Bonchev–Trinajstić information content (AvgIpc) is 1.61. The molecular weight excluding hydrogens is 150 g/mol. The van der Waals surface area contributed by atoms with Crippen LogP contribution in [0.15, 0.2) is 0 Å². The molecule has 0 aliphatic heterocycles. The summed E-state index contributed by atoms with van der Waals surface area (Å²) in [5.41, 5.74) is 0. The molecule has 0 N–H and O–H groups in total. The van der Waals surface area contributed by atoms with Crippen molar-refractivity contribution >= 4 is 12.4 Å². The third-order valence-corrected chi connectivity index (χ3v) is 1.15. The van der Waals surface area contributed by atoms with Crippen molar-refractivity contribution in [1.82, 2.24) is 0 Å². The van der Waals surface area contributed by atoms with Crippen molar-refractivity contribution in [3.63, 3.8) is 0 Å². The molecule has 0 unspecified atom stereocenters. The maximum atomic E-state index is 3.35. The molecule has 0 saturated heterocycles. The van der Waals surface area contributed by atoms with E-state index in [0.29, 0.717) is 0 Å². The summed E-state index contributed by atoms with van der Waals surface area (Å²) in [7, 11) is 0. The predicted molar refractivity (Wildman–Crippen MR) is 31.6 cm³/mol. The van der Waals surface area contributed by atoms with Crippen molar-refractivity contribution in [3.8, 4) is 0 Å². The summed E-state index contributed by atoms with van der Waals surface area (Å²) in [6.07, 6.45) is 4.02. The second kappa shape index (κ2) is 9.94. The summed E-state index contributed by atoms with van der Waals surface area (Å²) < 4.78 is 0. The van der Waals surface area contributed by atoms with Gasteiger partial charge in [-0.15, -0.1) is 12.4 Å². The Morgan fingerprint density at radius 2 is 1.86 bits per heavy atom. The molecule has 0 aromatic carbocycles. The fraction of sp³-hybridized carbons (Fsp3) is 1.00. The normalized spacial score (nSPS) is 7.71. The summed E-state index contributed by atoms with van der Waals surface area (Å²) in [5.74, 6) is 0. The van der Waals surface area contributed by atoms with E-state index in [4.69, 9.17) is 0 Å². The van der Waals surface area contributed by atoms with Gasteiger partial charge in [-0.3, -0.25) is 0 Å². The van der Waals surface area contributed by atoms with Gasteiger partial charge in [0.05, 0.1) is 0 Å². The Hall–Kier alpha value is 0.809. The van der Waals surface area contributed by atoms with Crippen LogP contribution in [0, 0.1) is 0 Å². The third-order valence-electron chi connectivity index (χ3n) is 0.737. The summed E-state index contributed by atoms with van der Waals surface area (Å²) in [6.45, 7) is 2.21. The molecule has 0 aromatic rings. The molecule has 46 valence electrons. The molecule has 0 fully saturated rings. The first-order valence-electron chi connectivity index (χ1n) is 2.47. The fourth-order valence-electron chi connectivity index (χ4n) is 0.344. The topological polar surface area (TPSA) is 0 Å². The van der Waals surface area contributed by atoms with Crippen LogP contribution >= 0.6 is 12.4 Å². The van der Waals surface area contributed by atoms with Gasteiger partial charge in [0.2, 0.25) is 0 Å². The molecule has 7 heavy (non-hydrogen) atoms. The van der Waals surface area contributed by atoms with E-state index in [1.165, 1.54) is 24.6 Å². The molecule has 0 bridgehead atoms. The molecule has 0 saturated carbocycles. The fourth-order valence-corrected chi connectivity index (χ4v) is 0.640. The molecule has 0 aliphatic rings. The molecule has 0 aliphatic carbocycles. The molecule has 0 heterocycles. The Balaban J connectivity index is 0. The van der Waals surface area contributed by atoms with E-state index in [1.807, 2.05) is 0 Å². The number of rotatable bonds is 3.